The fraction of sp³-hybridized carbons (Fsp3) is 0.259. The Labute approximate surface area is 172 Å². The Morgan fingerprint density at radius 1 is 0.793 bits per heavy atom. The van der Waals surface area contributed by atoms with Crippen LogP contribution in [0.5, 0.6) is 0 Å². The first kappa shape index (κ1) is 16.9. The maximum atomic E-state index is 5.33. The van der Waals surface area contributed by atoms with Gasteiger partial charge in [-0.25, -0.2) is 9.97 Å². The molecule has 0 aliphatic heterocycles. The molecular weight excluding hydrogens is 352 g/mol. The molecule has 6 rings (SSSR count). The Hall–Kier alpha value is -3.00. The summed E-state index contributed by atoms with van der Waals surface area (Å²) >= 11 is 0. The molecule has 0 N–H and O–H groups in total. The second-order valence-electron chi connectivity index (χ2n) is 8.49. The molecule has 0 spiro atoms. The number of fused-ring (bicyclic) bond motifs is 2. The van der Waals surface area contributed by atoms with Crippen LogP contribution < -0.4 is 0 Å². The van der Waals surface area contributed by atoms with Gasteiger partial charge >= 0.3 is 0 Å². The molecule has 0 unspecified atom stereocenters. The minimum absolute atomic E-state index is 0.472. The summed E-state index contributed by atoms with van der Waals surface area (Å²) < 4.78 is 0. The van der Waals surface area contributed by atoms with Gasteiger partial charge in [-0.3, -0.25) is 0 Å². The number of hydrogen-bond acceptors (Lipinski definition) is 2. The summed E-state index contributed by atoms with van der Waals surface area (Å²) in [5.41, 5.74) is 8.17. The molecule has 3 aliphatic carbocycles. The Balaban J connectivity index is 1.59. The van der Waals surface area contributed by atoms with E-state index in [2.05, 4.69) is 78.9 Å². The van der Waals surface area contributed by atoms with E-state index in [0.717, 1.165) is 34.6 Å². The van der Waals surface area contributed by atoms with E-state index in [1.54, 1.807) is 5.57 Å². The molecule has 2 aromatic carbocycles. The van der Waals surface area contributed by atoms with Gasteiger partial charge in [0.05, 0.1) is 22.8 Å². The number of aromatic nitrogens is 2. The number of benzene rings is 2. The lowest BCUT2D eigenvalue weighted by Gasteiger charge is -2.42. The molecule has 1 heterocycles. The van der Waals surface area contributed by atoms with E-state index in [4.69, 9.17) is 9.97 Å². The lowest BCUT2D eigenvalue weighted by molar-refractivity contribution is 0.291. The van der Waals surface area contributed by atoms with E-state index in [0.29, 0.717) is 17.8 Å². The van der Waals surface area contributed by atoms with Crippen LogP contribution in [0.15, 0.2) is 78.4 Å². The molecule has 3 aliphatic rings. The molecule has 29 heavy (non-hydrogen) atoms. The van der Waals surface area contributed by atoms with Crippen LogP contribution in [0.4, 0.5) is 0 Å². The monoisotopic (exact) mass is 376 g/mol. The average Bonchev–Trinajstić information content (AvgIpc) is 2.80. The number of rotatable bonds is 2. The fourth-order valence-electron chi connectivity index (χ4n) is 5.54. The Kier molecular flexibility index (Phi) is 3.97. The van der Waals surface area contributed by atoms with Gasteiger partial charge in [0.2, 0.25) is 0 Å². The fourth-order valence-corrected chi connectivity index (χ4v) is 5.54. The third-order valence-electron chi connectivity index (χ3n) is 6.82. The molecule has 142 valence electrons. The van der Waals surface area contributed by atoms with Crippen LogP contribution in [-0.4, -0.2) is 9.97 Å². The predicted octanol–water partition coefficient (Wildman–Crippen LogP) is 6.67. The van der Waals surface area contributed by atoms with Crippen molar-refractivity contribution < 1.29 is 0 Å². The van der Waals surface area contributed by atoms with Gasteiger partial charge in [0, 0.05) is 17.0 Å². The van der Waals surface area contributed by atoms with E-state index in [1.165, 1.54) is 25.0 Å². The highest BCUT2D eigenvalue weighted by molar-refractivity contribution is 5.79. The molecule has 3 aromatic rings. The molecule has 3 atom stereocenters. The highest BCUT2D eigenvalue weighted by Crippen LogP contribution is 2.52. The maximum Gasteiger partial charge on any atom is 0.0972 e. The molecule has 2 nitrogen and oxygen atoms in total. The van der Waals surface area contributed by atoms with Crippen LogP contribution in [0.3, 0.4) is 0 Å². The van der Waals surface area contributed by atoms with Crippen molar-refractivity contribution in [3.63, 3.8) is 0 Å². The highest BCUT2D eigenvalue weighted by atomic mass is 14.9. The molecule has 1 fully saturated rings. The molecule has 2 heteroatoms. The molecule has 1 saturated carbocycles. The first-order valence-corrected chi connectivity index (χ1v) is 10.8. The van der Waals surface area contributed by atoms with Gasteiger partial charge in [0.1, 0.15) is 0 Å². The summed E-state index contributed by atoms with van der Waals surface area (Å²) in [4.78, 5) is 10.6. The van der Waals surface area contributed by atoms with E-state index < -0.39 is 0 Å². The lowest BCUT2D eigenvalue weighted by atomic mass is 9.62. The quantitative estimate of drug-likeness (QED) is 0.467. The van der Waals surface area contributed by atoms with Crippen LogP contribution in [-0.2, 0) is 0 Å². The Bertz CT molecular complexity index is 1110. The van der Waals surface area contributed by atoms with Crippen molar-refractivity contribution in [3.8, 4) is 22.5 Å². The first-order valence-electron chi connectivity index (χ1n) is 10.8. The normalized spacial score (nSPS) is 24.4. The molecule has 0 radical (unpaired) electrons. The van der Waals surface area contributed by atoms with Gasteiger partial charge in [-0.1, -0.05) is 78.4 Å². The zero-order valence-electron chi connectivity index (χ0n) is 16.5. The third kappa shape index (κ3) is 2.78. The van der Waals surface area contributed by atoms with E-state index in [-0.39, 0.29) is 0 Å². The van der Waals surface area contributed by atoms with Gasteiger partial charge in [-0.05, 0) is 43.6 Å². The minimum atomic E-state index is 0.472. The van der Waals surface area contributed by atoms with Gasteiger partial charge in [0.15, 0.2) is 0 Å². The van der Waals surface area contributed by atoms with Crippen molar-refractivity contribution in [2.45, 2.75) is 31.6 Å². The van der Waals surface area contributed by atoms with Crippen molar-refractivity contribution in [1.29, 1.82) is 0 Å². The first-order chi connectivity index (χ1) is 14.4. The van der Waals surface area contributed by atoms with Crippen molar-refractivity contribution in [2.75, 3.05) is 0 Å². The van der Waals surface area contributed by atoms with Gasteiger partial charge in [0.25, 0.3) is 0 Å². The lowest BCUT2D eigenvalue weighted by Crippen LogP contribution is -2.32. The average molecular weight is 377 g/mol. The molecule has 0 saturated heterocycles. The summed E-state index contributed by atoms with van der Waals surface area (Å²) in [5.74, 6) is 1.78. The van der Waals surface area contributed by atoms with Gasteiger partial charge < -0.3 is 0 Å². The Morgan fingerprint density at radius 3 is 2.21 bits per heavy atom. The van der Waals surface area contributed by atoms with Gasteiger partial charge in [-0.15, -0.1) is 0 Å². The zero-order chi connectivity index (χ0) is 19.2. The molecular formula is C27H24N2. The van der Waals surface area contributed by atoms with E-state index >= 15 is 0 Å². The Morgan fingerprint density at radius 2 is 1.48 bits per heavy atom. The molecule has 1 aromatic heterocycles. The molecule has 0 amide bonds. The van der Waals surface area contributed by atoms with Crippen LogP contribution in [0, 0.1) is 11.8 Å². The van der Waals surface area contributed by atoms with Gasteiger partial charge in [-0.2, -0.15) is 0 Å². The standard InChI is InChI=1S/C27H24N2/c1-3-9-19(10-4-1)25-26(20-11-5-2-6-12-20)29-27-22-16-8-14-18-13-7-15-21(24(18)22)17-23(27)28-25/h1-6,8-12,14,17-18,22,24H,7,13,15-16H2/t18-,22+,24+/m1/s1. The predicted molar refractivity (Wildman–Crippen MR) is 118 cm³/mol. The largest absolute Gasteiger partial charge is 0.248 e. The second-order valence-corrected chi connectivity index (χ2v) is 8.49. The van der Waals surface area contributed by atoms with Crippen LogP contribution >= 0.6 is 0 Å². The van der Waals surface area contributed by atoms with Crippen molar-refractivity contribution in [3.05, 3.63) is 89.8 Å². The second kappa shape index (κ2) is 6.81. The number of hydrogen-bond donors (Lipinski definition) is 0. The number of allylic oxidation sites excluding steroid dienone is 3. The van der Waals surface area contributed by atoms with Crippen LogP contribution in [0.2, 0.25) is 0 Å². The summed E-state index contributed by atoms with van der Waals surface area (Å²) in [6, 6.07) is 21.0. The molecule has 0 bridgehead atoms. The van der Waals surface area contributed by atoms with Crippen molar-refractivity contribution in [1.82, 2.24) is 9.97 Å². The van der Waals surface area contributed by atoms with E-state index in [9.17, 15) is 0 Å². The van der Waals surface area contributed by atoms with E-state index in [1.807, 2.05) is 0 Å². The summed E-state index contributed by atoms with van der Waals surface area (Å²) in [6.45, 7) is 0. The summed E-state index contributed by atoms with van der Waals surface area (Å²) in [5, 5.41) is 0. The summed E-state index contributed by atoms with van der Waals surface area (Å²) in [7, 11) is 0. The van der Waals surface area contributed by atoms with Crippen molar-refractivity contribution in [2.24, 2.45) is 11.8 Å². The summed E-state index contributed by atoms with van der Waals surface area (Å²) in [6.07, 6.45) is 12.1. The smallest absolute Gasteiger partial charge is 0.0972 e. The zero-order valence-corrected chi connectivity index (χ0v) is 16.5. The highest BCUT2D eigenvalue weighted by Gasteiger charge is 2.41. The number of nitrogens with zero attached hydrogens (tertiary/aromatic N) is 2. The van der Waals surface area contributed by atoms with Crippen LogP contribution in [0.1, 0.15) is 43.0 Å². The SMILES string of the molecule is C1=C[C@H]2CCCC3=Cc4nc(-c5ccccc5)c(-c5ccccc5)nc4[C@@H](C1)[C@H]32. The maximum absolute atomic E-state index is 5.33. The van der Waals surface area contributed by atoms with Crippen LogP contribution in [0.25, 0.3) is 28.6 Å². The van der Waals surface area contributed by atoms with Crippen molar-refractivity contribution >= 4 is 6.08 Å². The minimum Gasteiger partial charge on any atom is -0.248 e. The third-order valence-corrected chi connectivity index (χ3v) is 6.82. The topological polar surface area (TPSA) is 25.8 Å².